The fourth-order valence-electron chi connectivity index (χ4n) is 1.58. The lowest BCUT2D eigenvalue weighted by molar-refractivity contribution is 0.0952. The van der Waals surface area contributed by atoms with Gasteiger partial charge in [-0.15, -0.1) is 36.2 Å². The summed E-state index contributed by atoms with van der Waals surface area (Å²) < 4.78 is 13.6. The van der Waals surface area contributed by atoms with E-state index in [1.165, 1.54) is 23.6 Å². The number of benzene rings is 1. The first-order chi connectivity index (χ1) is 9.61. The molecule has 0 saturated heterocycles. The molecule has 0 aliphatic rings. The Balaban J connectivity index is 0.00000220. The highest BCUT2D eigenvalue weighted by molar-refractivity contribution is 7.16. The van der Waals surface area contributed by atoms with Crippen LogP contribution in [0, 0.1) is 11.7 Å². The third kappa shape index (κ3) is 5.21. The van der Waals surface area contributed by atoms with Gasteiger partial charge in [-0.3, -0.25) is 4.79 Å². The van der Waals surface area contributed by atoms with Gasteiger partial charge in [-0.1, -0.05) is 19.1 Å². The average molecular weight is 366 g/mol. The van der Waals surface area contributed by atoms with E-state index in [0.717, 1.165) is 0 Å². The van der Waals surface area contributed by atoms with E-state index in [2.05, 4.69) is 10.3 Å². The van der Waals surface area contributed by atoms with E-state index >= 15 is 0 Å². The zero-order chi connectivity index (χ0) is 14.5. The van der Waals surface area contributed by atoms with Gasteiger partial charge in [-0.05, 0) is 24.6 Å². The second kappa shape index (κ2) is 9.74. The second-order valence-electron chi connectivity index (χ2n) is 4.56. The van der Waals surface area contributed by atoms with Crippen LogP contribution in [0.15, 0.2) is 30.5 Å². The minimum atomic E-state index is -0.342. The monoisotopic (exact) mass is 365 g/mol. The van der Waals surface area contributed by atoms with Gasteiger partial charge in [0, 0.05) is 12.1 Å². The standard InChI is InChI=1S/C14H16FN3OS.2ClH/c1-9(6-16)7-17-13(19)12-8-18-14(20-12)10-4-2-3-5-11(10)15;;/h2-5,8-9H,6-7,16H2,1H3,(H,17,19);2*1H. The quantitative estimate of drug-likeness (QED) is 0.854. The maximum Gasteiger partial charge on any atom is 0.263 e. The van der Waals surface area contributed by atoms with Crippen molar-refractivity contribution in [1.29, 1.82) is 0 Å². The summed E-state index contributed by atoms with van der Waals surface area (Å²) >= 11 is 1.17. The molecule has 122 valence electrons. The largest absolute Gasteiger partial charge is 0.351 e. The highest BCUT2D eigenvalue weighted by Gasteiger charge is 2.14. The van der Waals surface area contributed by atoms with Crippen LogP contribution in [0.4, 0.5) is 4.39 Å². The predicted molar refractivity (Wildman–Crippen MR) is 92.6 cm³/mol. The molecule has 1 aromatic heterocycles. The summed E-state index contributed by atoms with van der Waals surface area (Å²) in [7, 11) is 0. The van der Waals surface area contributed by atoms with Crippen molar-refractivity contribution >= 4 is 42.1 Å². The summed E-state index contributed by atoms with van der Waals surface area (Å²) in [4.78, 5) is 16.5. The zero-order valence-corrected chi connectivity index (χ0v) is 14.4. The van der Waals surface area contributed by atoms with Gasteiger partial charge < -0.3 is 11.1 Å². The lowest BCUT2D eigenvalue weighted by Crippen LogP contribution is -2.30. The number of nitrogens with zero attached hydrogens (tertiary/aromatic N) is 1. The molecule has 8 heteroatoms. The van der Waals surface area contributed by atoms with Gasteiger partial charge in [-0.2, -0.15) is 0 Å². The minimum Gasteiger partial charge on any atom is -0.351 e. The summed E-state index contributed by atoms with van der Waals surface area (Å²) in [5, 5.41) is 3.29. The molecule has 4 nitrogen and oxygen atoms in total. The first-order valence-corrected chi connectivity index (χ1v) is 7.12. The fraction of sp³-hybridized carbons (Fsp3) is 0.286. The molecule has 0 spiro atoms. The van der Waals surface area contributed by atoms with Crippen LogP contribution in [0.2, 0.25) is 0 Å². The lowest BCUT2D eigenvalue weighted by atomic mass is 10.2. The summed E-state index contributed by atoms with van der Waals surface area (Å²) in [6, 6.07) is 6.38. The molecule has 1 amide bonds. The molecule has 1 atom stereocenters. The summed E-state index contributed by atoms with van der Waals surface area (Å²) in [6.07, 6.45) is 1.47. The SMILES string of the molecule is CC(CN)CNC(=O)c1cnc(-c2ccccc2F)s1.Cl.Cl. The normalized spacial score (nSPS) is 11.0. The van der Waals surface area contributed by atoms with Crippen LogP contribution < -0.4 is 11.1 Å². The number of amides is 1. The molecule has 0 aliphatic carbocycles. The maximum absolute atomic E-state index is 13.6. The Hall–Kier alpha value is -1.21. The van der Waals surface area contributed by atoms with E-state index in [1.54, 1.807) is 18.2 Å². The Kier molecular flexibility index (Phi) is 9.20. The maximum atomic E-state index is 13.6. The molecule has 1 unspecified atom stereocenters. The van der Waals surface area contributed by atoms with E-state index in [0.29, 0.717) is 28.5 Å². The Morgan fingerprint density at radius 3 is 2.73 bits per heavy atom. The molecular formula is C14H18Cl2FN3OS. The highest BCUT2D eigenvalue weighted by atomic mass is 35.5. The third-order valence-electron chi connectivity index (χ3n) is 2.85. The number of carbonyl (C=O) groups excluding carboxylic acids is 1. The Morgan fingerprint density at radius 1 is 1.41 bits per heavy atom. The fourth-order valence-corrected chi connectivity index (χ4v) is 2.44. The molecule has 3 N–H and O–H groups in total. The van der Waals surface area contributed by atoms with E-state index in [-0.39, 0.29) is 42.5 Å². The zero-order valence-electron chi connectivity index (χ0n) is 11.9. The molecule has 0 bridgehead atoms. The van der Waals surface area contributed by atoms with Crippen LogP contribution in [-0.4, -0.2) is 24.0 Å². The topological polar surface area (TPSA) is 68.0 Å². The molecular weight excluding hydrogens is 348 g/mol. The number of hydrogen-bond donors (Lipinski definition) is 2. The van der Waals surface area contributed by atoms with Crippen molar-refractivity contribution < 1.29 is 9.18 Å². The van der Waals surface area contributed by atoms with Crippen LogP contribution >= 0.6 is 36.2 Å². The van der Waals surface area contributed by atoms with Crippen LogP contribution in [0.1, 0.15) is 16.6 Å². The van der Waals surface area contributed by atoms with E-state index in [4.69, 9.17) is 5.73 Å². The molecule has 22 heavy (non-hydrogen) atoms. The minimum absolute atomic E-state index is 0. The van der Waals surface area contributed by atoms with E-state index < -0.39 is 0 Å². The number of hydrogen-bond acceptors (Lipinski definition) is 4. The summed E-state index contributed by atoms with van der Waals surface area (Å²) in [5.41, 5.74) is 5.90. The summed E-state index contributed by atoms with van der Waals surface area (Å²) in [5.74, 6) is -0.325. The molecule has 0 saturated carbocycles. The van der Waals surface area contributed by atoms with Crippen LogP contribution in [0.3, 0.4) is 0 Å². The number of aromatic nitrogens is 1. The Bertz CT molecular complexity index is 609. The van der Waals surface area contributed by atoms with Gasteiger partial charge in [0.05, 0.1) is 6.20 Å². The number of halogens is 3. The molecule has 0 fully saturated rings. The van der Waals surface area contributed by atoms with Crippen molar-refractivity contribution in [3.63, 3.8) is 0 Å². The van der Waals surface area contributed by atoms with Crippen molar-refractivity contribution in [2.75, 3.05) is 13.1 Å². The molecule has 2 rings (SSSR count). The van der Waals surface area contributed by atoms with Crippen molar-refractivity contribution in [3.05, 3.63) is 41.2 Å². The smallest absolute Gasteiger partial charge is 0.263 e. The van der Waals surface area contributed by atoms with Gasteiger partial charge in [0.15, 0.2) is 0 Å². The van der Waals surface area contributed by atoms with Crippen molar-refractivity contribution in [1.82, 2.24) is 10.3 Å². The van der Waals surface area contributed by atoms with Crippen LogP contribution in [-0.2, 0) is 0 Å². The molecule has 0 radical (unpaired) electrons. The van der Waals surface area contributed by atoms with Crippen LogP contribution in [0.5, 0.6) is 0 Å². The van der Waals surface area contributed by atoms with Gasteiger partial charge >= 0.3 is 0 Å². The Labute approximate surface area is 145 Å². The number of carbonyl (C=O) groups is 1. The third-order valence-corrected chi connectivity index (χ3v) is 3.88. The first-order valence-electron chi connectivity index (χ1n) is 6.30. The van der Waals surface area contributed by atoms with Gasteiger partial charge in [-0.25, -0.2) is 9.37 Å². The van der Waals surface area contributed by atoms with Gasteiger partial charge in [0.2, 0.25) is 0 Å². The average Bonchev–Trinajstić information content (AvgIpc) is 2.94. The van der Waals surface area contributed by atoms with Crippen molar-refractivity contribution in [2.45, 2.75) is 6.92 Å². The molecule has 2 aromatic rings. The highest BCUT2D eigenvalue weighted by Crippen LogP contribution is 2.27. The van der Waals surface area contributed by atoms with E-state index in [9.17, 15) is 9.18 Å². The predicted octanol–water partition coefficient (Wildman–Crippen LogP) is 3.12. The van der Waals surface area contributed by atoms with Crippen LogP contribution in [0.25, 0.3) is 10.6 Å². The van der Waals surface area contributed by atoms with Crippen molar-refractivity contribution in [3.8, 4) is 10.6 Å². The lowest BCUT2D eigenvalue weighted by Gasteiger charge is -2.08. The molecule has 1 aromatic carbocycles. The van der Waals surface area contributed by atoms with Crippen molar-refractivity contribution in [2.24, 2.45) is 11.7 Å². The van der Waals surface area contributed by atoms with Gasteiger partial charge in [0.1, 0.15) is 15.7 Å². The number of rotatable bonds is 5. The van der Waals surface area contributed by atoms with Gasteiger partial charge in [0.25, 0.3) is 5.91 Å². The molecule has 1 heterocycles. The number of thiazole rings is 1. The van der Waals surface area contributed by atoms with E-state index in [1.807, 2.05) is 6.92 Å². The Morgan fingerprint density at radius 2 is 2.09 bits per heavy atom. The summed E-state index contributed by atoms with van der Waals surface area (Å²) in [6.45, 7) is 2.99. The first kappa shape index (κ1) is 20.8. The number of nitrogens with one attached hydrogen (secondary N) is 1. The molecule has 0 aliphatic heterocycles. The second-order valence-corrected chi connectivity index (χ2v) is 5.59. The number of nitrogens with two attached hydrogens (primary N) is 1.